The normalized spacial score (nSPS) is 10.5. The molecule has 1 heterocycles. The van der Waals surface area contributed by atoms with Crippen LogP contribution < -0.4 is 10.5 Å². The van der Waals surface area contributed by atoms with Crippen molar-refractivity contribution < 1.29 is 4.74 Å². The zero-order chi connectivity index (χ0) is 12.3. The molecule has 0 amide bonds. The molecule has 2 rings (SSSR count). The van der Waals surface area contributed by atoms with E-state index in [0.717, 1.165) is 17.3 Å². The average Bonchev–Trinajstić information content (AvgIpc) is 2.69. The zero-order valence-electron chi connectivity index (χ0n) is 10.2. The number of hydrogen-bond donors (Lipinski definition) is 1. The van der Waals surface area contributed by atoms with Crippen LogP contribution in [0.2, 0.25) is 0 Å². The molecule has 0 unspecified atom stereocenters. The molecule has 4 heteroatoms. The lowest BCUT2D eigenvalue weighted by molar-refractivity contribution is 0.291. The summed E-state index contributed by atoms with van der Waals surface area (Å²) in [6, 6.07) is 7.97. The molecule has 90 valence electrons. The molecule has 0 saturated carbocycles. The summed E-state index contributed by atoms with van der Waals surface area (Å²) in [5.41, 5.74) is 7.65. The first-order chi connectivity index (χ1) is 8.19. The van der Waals surface area contributed by atoms with Crippen molar-refractivity contribution in [2.24, 2.45) is 12.8 Å². The van der Waals surface area contributed by atoms with Crippen LogP contribution in [0.1, 0.15) is 17.1 Å². The van der Waals surface area contributed by atoms with Crippen LogP contribution in [0, 0.1) is 6.92 Å². The van der Waals surface area contributed by atoms with Gasteiger partial charge in [-0.2, -0.15) is 0 Å². The summed E-state index contributed by atoms with van der Waals surface area (Å²) in [6.45, 7) is 2.97. The van der Waals surface area contributed by atoms with E-state index in [1.54, 1.807) is 0 Å². The maximum absolute atomic E-state index is 5.66. The molecule has 1 aromatic heterocycles. The van der Waals surface area contributed by atoms with Gasteiger partial charge in [0.1, 0.15) is 18.2 Å². The Kier molecular flexibility index (Phi) is 3.44. The van der Waals surface area contributed by atoms with Crippen LogP contribution in [-0.4, -0.2) is 9.55 Å². The zero-order valence-corrected chi connectivity index (χ0v) is 10.2. The molecule has 0 atom stereocenters. The summed E-state index contributed by atoms with van der Waals surface area (Å²) < 4.78 is 7.60. The highest BCUT2D eigenvalue weighted by Crippen LogP contribution is 2.13. The number of aryl methyl sites for hydroxylation is 2. The average molecular weight is 231 g/mol. The monoisotopic (exact) mass is 231 g/mol. The number of ether oxygens (including phenoxy) is 1. The summed E-state index contributed by atoms with van der Waals surface area (Å²) in [7, 11) is 1.94. The molecular weight excluding hydrogens is 214 g/mol. The fourth-order valence-electron chi connectivity index (χ4n) is 1.59. The quantitative estimate of drug-likeness (QED) is 0.872. The number of nitrogens with two attached hydrogens (primary N) is 1. The molecule has 4 nitrogen and oxygen atoms in total. The lowest BCUT2D eigenvalue weighted by atomic mass is 10.2. The molecule has 1 aromatic carbocycles. The third-order valence-electron chi connectivity index (χ3n) is 2.62. The molecule has 0 aliphatic carbocycles. The van der Waals surface area contributed by atoms with E-state index in [1.807, 2.05) is 42.1 Å². The van der Waals surface area contributed by atoms with Gasteiger partial charge in [0.2, 0.25) is 0 Å². The SMILES string of the molecule is Cc1ccc(OCc2nc(CN)cn2C)cc1. The Hall–Kier alpha value is -1.81. The summed E-state index contributed by atoms with van der Waals surface area (Å²) >= 11 is 0. The number of hydrogen-bond acceptors (Lipinski definition) is 3. The maximum Gasteiger partial charge on any atom is 0.146 e. The third-order valence-corrected chi connectivity index (χ3v) is 2.62. The van der Waals surface area contributed by atoms with Gasteiger partial charge in [0.25, 0.3) is 0 Å². The second-order valence-electron chi connectivity index (χ2n) is 4.07. The predicted molar refractivity (Wildman–Crippen MR) is 66.6 cm³/mol. The van der Waals surface area contributed by atoms with E-state index in [2.05, 4.69) is 11.9 Å². The standard InChI is InChI=1S/C13H17N3O/c1-10-3-5-12(6-4-10)17-9-13-15-11(7-14)8-16(13)2/h3-6,8H,7,9,14H2,1-2H3. The van der Waals surface area contributed by atoms with Crippen LogP contribution in [0.5, 0.6) is 5.75 Å². The van der Waals surface area contributed by atoms with Gasteiger partial charge >= 0.3 is 0 Å². The highest BCUT2D eigenvalue weighted by Gasteiger charge is 2.04. The lowest BCUT2D eigenvalue weighted by Gasteiger charge is -2.06. The number of imidazole rings is 1. The summed E-state index contributed by atoms with van der Waals surface area (Å²) in [6.07, 6.45) is 1.92. The minimum Gasteiger partial charge on any atom is -0.486 e. The van der Waals surface area contributed by atoms with E-state index in [-0.39, 0.29) is 0 Å². The van der Waals surface area contributed by atoms with Gasteiger partial charge in [-0.25, -0.2) is 4.98 Å². The van der Waals surface area contributed by atoms with Crippen molar-refractivity contribution in [2.45, 2.75) is 20.1 Å². The number of rotatable bonds is 4. The molecule has 0 radical (unpaired) electrons. The second kappa shape index (κ2) is 5.01. The van der Waals surface area contributed by atoms with E-state index in [1.165, 1.54) is 5.56 Å². The lowest BCUT2D eigenvalue weighted by Crippen LogP contribution is -2.03. The van der Waals surface area contributed by atoms with Crippen LogP contribution >= 0.6 is 0 Å². The Bertz CT molecular complexity index is 488. The predicted octanol–water partition coefficient (Wildman–Crippen LogP) is 1.77. The van der Waals surface area contributed by atoms with Crippen molar-refractivity contribution in [3.63, 3.8) is 0 Å². The number of nitrogens with zero attached hydrogens (tertiary/aromatic N) is 2. The Labute approximate surface area is 101 Å². The van der Waals surface area contributed by atoms with Gasteiger partial charge in [-0.3, -0.25) is 0 Å². The van der Waals surface area contributed by atoms with Gasteiger partial charge in [-0.15, -0.1) is 0 Å². The van der Waals surface area contributed by atoms with Crippen molar-refractivity contribution in [2.75, 3.05) is 0 Å². The van der Waals surface area contributed by atoms with E-state index in [0.29, 0.717) is 13.2 Å². The molecule has 0 aliphatic heterocycles. The largest absolute Gasteiger partial charge is 0.486 e. The topological polar surface area (TPSA) is 53.1 Å². The summed E-state index contributed by atoms with van der Waals surface area (Å²) in [5, 5.41) is 0. The first kappa shape index (κ1) is 11.7. The molecule has 0 saturated heterocycles. The fraction of sp³-hybridized carbons (Fsp3) is 0.308. The van der Waals surface area contributed by atoms with E-state index in [9.17, 15) is 0 Å². The van der Waals surface area contributed by atoms with Gasteiger partial charge in [-0.05, 0) is 19.1 Å². The highest BCUT2D eigenvalue weighted by atomic mass is 16.5. The van der Waals surface area contributed by atoms with Gasteiger partial charge in [0, 0.05) is 19.8 Å². The number of benzene rings is 1. The number of aromatic nitrogens is 2. The van der Waals surface area contributed by atoms with Gasteiger partial charge in [0.15, 0.2) is 0 Å². The first-order valence-corrected chi connectivity index (χ1v) is 5.59. The first-order valence-electron chi connectivity index (χ1n) is 5.59. The van der Waals surface area contributed by atoms with E-state index >= 15 is 0 Å². The van der Waals surface area contributed by atoms with Crippen LogP contribution in [0.15, 0.2) is 30.5 Å². The second-order valence-corrected chi connectivity index (χ2v) is 4.07. The molecule has 2 aromatic rings. The molecule has 2 N–H and O–H groups in total. The molecule has 17 heavy (non-hydrogen) atoms. The summed E-state index contributed by atoms with van der Waals surface area (Å²) in [5.74, 6) is 1.74. The smallest absolute Gasteiger partial charge is 0.146 e. The highest BCUT2D eigenvalue weighted by molar-refractivity contribution is 5.26. The van der Waals surface area contributed by atoms with Crippen LogP contribution in [0.3, 0.4) is 0 Å². The van der Waals surface area contributed by atoms with E-state index in [4.69, 9.17) is 10.5 Å². The van der Waals surface area contributed by atoms with Crippen LogP contribution in [0.4, 0.5) is 0 Å². The van der Waals surface area contributed by atoms with Crippen molar-refractivity contribution in [1.29, 1.82) is 0 Å². The molecule has 0 bridgehead atoms. The van der Waals surface area contributed by atoms with Crippen LogP contribution in [-0.2, 0) is 20.2 Å². The minimum atomic E-state index is 0.457. The van der Waals surface area contributed by atoms with Gasteiger partial charge < -0.3 is 15.0 Å². The Morgan fingerprint density at radius 2 is 2.00 bits per heavy atom. The van der Waals surface area contributed by atoms with Gasteiger partial charge in [-0.1, -0.05) is 17.7 Å². The van der Waals surface area contributed by atoms with E-state index < -0.39 is 0 Å². The molecular formula is C13H17N3O. The van der Waals surface area contributed by atoms with Gasteiger partial charge in [0.05, 0.1) is 5.69 Å². The van der Waals surface area contributed by atoms with Crippen molar-refractivity contribution in [1.82, 2.24) is 9.55 Å². The van der Waals surface area contributed by atoms with Crippen molar-refractivity contribution in [3.05, 3.63) is 47.5 Å². The Morgan fingerprint density at radius 1 is 1.29 bits per heavy atom. The summed E-state index contributed by atoms with van der Waals surface area (Å²) in [4.78, 5) is 4.37. The van der Waals surface area contributed by atoms with Crippen molar-refractivity contribution in [3.8, 4) is 5.75 Å². The Balaban J connectivity index is 2.01. The maximum atomic E-state index is 5.66. The molecule has 0 fully saturated rings. The molecule has 0 spiro atoms. The fourth-order valence-corrected chi connectivity index (χ4v) is 1.59. The third kappa shape index (κ3) is 2.85. The van der Waals surface area contributed by atoms with Crippen molar-refractivity contribution >= 4 is 0 Å². The molecule has 0 aliphatic rings. The Morgan fingerprint density at radius 3 is 2.59 bits per heavy atom. The minimum absolute atomic E-state index is 0.457. The van der Waals surface area contributed by atoms with Crippen LogP contribution in [0.25, 0.3) is 0 Å².